The van der Waals surface area contributed by atoms with Gasteiger partial charge in [-0.2, -0.15) is 0 Å². The van der Waals surface area contributed by atoms with Crippen LogP contribution < -0.4 is 0 Å². The first-order valence-electron chi connectivity index (χ1n) is 17.5. The van der Waals surface area contributed by atoms with Crippen molar-refractivity contribution in [3.63, 3.8) is 0 Å². The Hall–Kier alpha value is -1.84. The van der Waals surface area contributed by atoms with E-state index in [0.717, 1.165) is 64.2 Å². The van der Waals surface area contributed by atoms with Crippen LogP contribution in [0.15, 0.2) is 36.5 Å². The zero-order chi connectivity index (χ0) is 30.1. The van der Waals surface area contributed by atoms with Gasteiger partial charge in [0.1, 0.15) is 6.10 Å². The number of ether oxygens (including phenoxy) is 1. The molecule has 4 nitrogen and oxygen atoms in total. The average Bonchev–Trinajstić information content (AvgIpc) is 2.95. The molecule has 41 heavy (non-hydrogen) atoms. The molecule has 0 bridgehead atoms. The van der Waals surface area contributed by atoms with Gasteiger partial charge >= 0.3 is 11.9 Å². The number of rotatable bonds is 31. The van der Waals surface area contributed by atoms with Crippen molar-refractivity contribution in [1.29, 1.82) is 0 Å². The summed E-state index contributed by atoms with van der Waals surface area (Å²) in [6.45, 7) is 4.41. The molecule has 238 valence electrons. The van der Waals surface area contributed by atoms with Crippen LogP contribution in [0.3, 0.4) is 0 Å². The van der Waals surface area contributed by atoms with E-state index < -0.39 is 5.97 Å². The molecule has 0 aliphatic rings. The minimum absolute atomic E-state index is 0.0788. The summed E-state index contributed by atoms with van der Waals surface area (Å²) in [5.74, 6) is -0.805. The second kappa shape index (κ2) is 32.7. The zero-order valence-corrected chi connectivity index (χ0v) is 27.1. The maximum Gasteiger partial charge on any atom is 0.306 e. The van der Waals surface area contributed by atoms with E-state index in [4.69, 9.17) is 9.84 Å². The fourth-order valence-corrected chi connectivity index (χ4v) is 4.95. The Morgan fingerprint density at radius 2 is 1.07 bits per heavy atom. The monoisotopic (exact) mass is 574 g/mol. The van der Waals surface area contributed by atoms with Crippen molar-refractivity contribution in [2.24, 2.45) is 0 Å². The van der Waals surface area contributed by atoms with Crippen LogP contribution in [0.25, 0.3) is 0 Å². The van der Waals surface area contributed by atoms with Crippen LogP contribution in [0.5, 0.6) is 0 Å². The molecule has 1 N–H and O–H groups in total. The van der Waals surface area contributed by atoms with Crippen molar-refractivity contribution >= 4 is 11.9 Å². The highest BCUT2D eigenvalue weighted by Crippen LogP contribution is 2.15. The minimum Gasteiger partial charge on any atom is -0.481 e. The largest absolute Gasteiger partial charge is 0.481 e. The SMILES string of the molecule is CCC/C=C\C(CCCCCCC(=O)O)OC(=O)CCCCCCCCCCC/C=C\C/C=C\CCCCCCC. The Morgan fingerprint density at radius 1 is 0.561 bits per heavy atom. The van der Waals surface area contributed by atoms with Gasteiger partial charge in [0.15, 0.2) is 0 Å². The summed E-state index contributed by atoms with van der Waals surface area (Å²) in [4.78, 5) is 23.0. The van der Waals surface area contributed by atoms with Gasteiger partial charge in [0, 0.05) is 12.8 Å². The molecule has 0 aromatic carbocycles. The Bertz CT molecular complexity index is 664. The first-order valence-corrected chi connectivity index (χ1v) is 17.5. The molecule has 0 amide bonds. The Labute approximate surface area is 254 Å². The third-order valence-corrected chi connectivity index (χ3v) is 7.55. The van der Waals surface area contributed by atoms with E-state index in [0.29, 0.717) is 6.42 Å². The molecule has 0 aliphatic heterocycles. The molecule has 0 radical (unpaired) electrons. The molecule has 0 spiro atoms. The van der Waals surface area contributed by atoms with E-state index in [9.17, 15) is 9.59 Å². The first-order chi connectivity index (χ1) is 20.1. The van der Waals surface area contributed by atoms with Crippen molar-refractivity contribution in [3.8, 4) is 0 Å². The molecule has 0 heterocycles. The molecule has 1 atom stereocenters. The number of hydrogen-bond acceptors (Lipinski definition) is 3. The number of carboxylic acid groups (broad SMARTS) is 1. The topological polar surface area (TPSA) is 63.6 Å². The van der Waals surface area contributed by atoms with Crippen LogP contribution in [-0.4, -0.2) is 23.1 Å². The summed E-state index contributed by atoms with van der Waals surface area (Å²) < 4.78 is 5.76. The Balaban J connectivity index is 3.66. The number of carbonyl (C=O) groups is 2. The predicted octanol–water partition coefficient (Wildman–Crippen LogP) is 11.8. The van der Waals surface area contributed by atoms with Crippen LogP contribution in [0.2, 0.25) is 0 Å². The van der Waals surface area contributed by atoms with Gasteiger partial charge in [-0.15, -0.1) is 0 Å². The third-order valence-electron chi connectivity index (χ3n) is 7.55. The lowest BCUT2D eigenvalue weighted by Gasteiger charge is -2.14. The van der Waals surface area contributed by atoms with Crippen LogP contribution in [-0.2, 0) is 14.3 Å². The summed E-state index contributed by atoms with van der Waals surface area (Å²) in [6.07, 6.45) is 42.1. The van der Waals surface area contributed by atoms with Crippen molar-refractivity contribution in [2.45, 2.75) is 187 Å². The second-order valence-electron chi connectivity index (χ2n) is 11.7. The average molecular weight is 575 g/mol. The second-order valence-corrected chi connectivity index (χ2v) is 11.7. The van der Waals surface area contributed by atoms with Crippen molar-refractivity contribution < 1.29 is 19.4 Å². The molecule has 0 rings (SSSR count). The first kappa shape index (κ1) is 39.2. The highest BCUT2D eigenvalue weighted by atomic mass is 16.5. The molecule has 0 saturated carbocycles. The number of esters is 1. The van der Waals surface area contributed by atoms with Gasteiger partial charge < -0.3 is 9.84 Å². The predicted molar refractivity (Wildman–Crippen MR) is 176 cm³/mol. The van der Waals surface area contributed by atoms with Gasteiger partial charge in [-0.25, -0.2) is 0 Å². The molecular weight excluding hydrogens is 508 g/mol. The standard InChI is InChI=1S/C37H66O4/c1-3-5-7-8-9-10-11-12-13-14-15-16-17-18-19-20-21-22-23-24-30-34-37(40)41-35(31-27-6-4-2)32-28-25-26-29-33-36(38)39/h11-12,14-15,27,31,35H,3-10,13,16-26,28-30,32-34H2,1-2H3,(H,38,39)/b12-11-,15-14-,31-27-. The fourth-order valence-electron chi connectivity index (χ4n) is 4.95. The normalized spacial score (nSPS) is 12.6. The zero-order valence-electron chi connectivity index (χ0n) is 27.1. The number of carboxylic acids is 1. The third kappa shape index (κ3) is 32.5. The quantitative estimate of drug-likeness (QED) is 0.0508. The molecule has 0 aromatic rings. The lowest BCUT2D eigenvalue weighted by atomic mass is 10.1. The number of carbonyl (C=O) groups excluding carboxylic acids is 1. The summed E-state index contributed by atoms with van der Waals surface area (Å²) in [7, 11) is 0. The van der Waals surface area contributed by atoms with E-state index >= 15 is 0 Å². The summed E-state index contributed by atoms with van der Waals surface area (Å²) in [5, 5.41) is 8.74. The van der Waals surface area contributed by atoms with Gasteiger partial charge in [0.25, 0.3) is 0 Å². The molecular formula is C37H66O4. The van der Waals surface area contributed by atoms with Gasteiger partial charge in [-0.1, -0.05) is 134 Å². The van der Waals surface area contributed by atoms with Crippen LogP contribution in [0, 0.1) is 0 Å². The molecule has 1 unspecified atom stereocenters. The highest BCUT2D eigenvalue weighted by Gasteiger charge is 2.11. The van der Waals surface area contributed by atoms with E-state index in [2.05, 4.69) is 44.2 Å². The molecule has 0 fully saturated rings. The number of allylic oxidation sites excluding steroid dienone is 5. The van der Waals surface area contributed by atoms with Gasteiger partial charge in [-0.05, 0) is 70.3 Å². The Morgan fingerprint density at radius 3 is 1.63 bits per heavy atom. The van der Waals surface area contributed by atoms with E-state index in [1.165, 1.54) is 89.9 Å². The lowest BCUT2D eigenvalue weighted by Crippen LogP contribution is -2.16. The van der Waals surface area contributed by atoms with Crippen LogP contribution in [0.4, 0.5) is 0 Å². The van der Waals surface area contributed by atoms with Gasteiger partial charge in [-0.3, -0.25) is 9.59 Å². The molecule has 0 saturated heterocycles. The number of unbranched alkanes of at least 4 members (excludes halogenated alkanes) is 18. The maximum atomic E-state index is 12.4. The highest BCUT2D eigenvalue weighted by molar-refractivity contribution is 5.69. The lowest BCUT2D eigenvalue weighted by molar-refractivity contribution is -0.147. The molecule has 0 aromatic heterocycles. The summed E-state index contributed by atoms with van der Waals surface area (Å²) >= 11 is 0. The van der Waals surface area contributed by atoms with Crippen molar-refractivity contribution in [3.05, 3.63) is 36.5 Å². The molecule has 4 heteroatoms. The number of aliphatic carboxylic acids is 1. The van der Waals surface area contributed by atoms with Crippen molar-refractivity contribution in [1.82, 2.24) is 0 Å². The van der Waals surface area contributed by atoms with Crippen LogP contribution in [0.1, 0.15) is 181 Å². The minimum atomic E-state index is -0.726. The van der Waals surface area contributed by atoms with E-state index in [1.807, 2.05) is 6.08 Å². The van der Waals surface area contributed by atoms with Gasteiger partial charge in [0.05, 0.1) is 0 Å². The molecule has 0 aliphatic carbocycles. The van der Waals surface area contributed by atoms with Gasteiger partial charge in [0.2, 0.25) is 0 Å². The van der Waals surface area contributed by atoms with E-state index in [-0.39, 0.29) is 18.5 Å². The summed E-state index contributed by atoms with van der Waals surface area (Å²) in [5.41, 5.74) is 0. The van der Waals surface area contributed by atoms with E-state index in [1.54, 1.807) is 0 Å². The maximum absolute atomic E-state index is 12.4. The Kier molecular flexibility index (Phi) is 31.2. The van der Waals surface area contributed by atoms with Crippen molar-refractivity contribution in [2.75, 3.05) is 0 Å². The fraction of sp³-hybridized carbons (Fsp3) is 0.784. The smallest absolute Gasteiger partial charge is 0.306 e. The summed E-state index contributed by atoms with van der Waals surface area (Å²) in [6, 6.07) is 0. The van der Waals surface area contributed by atoms with Crippen LogP contribution >= 0.6 is 0 Å². The number of hydrogen-bond donors (Lipinski definition) is 1.